The van der Waals surface area contributed by atoms with Gasteiger partial charge in [0.05, 0.1) is 12.5 Å². The number of hydrogen-bond acceptors (Lipinski definition) is 2. The van der Waals surface area contributed by atoms with E-state index in [-0.39, 0.29) is 5.03 Å². The molecule has 1 rings (SSSR count). The molecule has 0 unspecified atom stereocenters. The molecule has 0 fully saturated rings. The number of hydrogen-bond donors (Lipinski definition) is 0. The molecule has 0 N–H and O–H groups in total. The molecule has 0 radical (unpaired) electrons. The second kappa shape index (κ2) is 5.92. The number of carbonyl (C=O) groups is 1. The van der Waals surface area contributed by atoms with Crippen LogP contribution in [0.15, 0.2) is 35.4 Å². The summed E-state index contributed by atoms with van der Waals surface area (Å²) in [6, 6.07) is 7.69. The fraction of sp³-hybridized carbons (Fsp3) is 0.250. The molecule has 0 bridgehead atoms. The fourth-order valence-corrected chi connectivity index (χ4v) is 1.76. The molecule has 0 heterocycles. The van der Waals surface area contributed by atoms with E-state index in [4.69, 9.17) is 23.2 Å². The van der Waals surface area contributed by atoms with E-state index >= 15 is 0 Å². The lowest BCUT2D eigenvalue weighted by Gasteiger charge is -2.06. The molecule has 86 valence electrons. The maximum absolute atomic E-state index is 11.1. The summed E-state index contributed by atoms with van der Waals surface area (Å²) in [4.78, 5) is 11.1. The van der Waals surface area contributed by atoms with Crippen LogP contribution in [0.5, 0.6) is 0 Å². The first-order valence-corrected chi connectivity index (χ1v) is 5.52. The molecule has 0 aromatic heterocycles. The SMILES string of the molecule is COC(=O)/C(Cl)=C/[C@H](Cl)c1cccc(C)c1. The molecule has 0 saturated carbocycles. The van der Waals surface area contributed by atoms with Gasteiger partial charge in [-0.25, -0.2) is 4.79 Å². The van der Waals surface area contributed by atoms with Crippen LogP contribution in [-0.4, -0.2) is 13.1 Å². The predicted octanol–water partition coefficient (Wildman–Crippen LogP) is 3.57. The van der Waals surface area contributed by atoms with Gasteiger partial charge in [0.1, 0.15) is 5.03 Å². The summed E-state index contributed by atoms with van der Waals surface area (Å²) in [5.41, 5.74) is 1.99. The summed E-state index contributed by atoms with van der Waals surface area (Å²) in [5, 5.41) is -0.449. The van der Waals surface area contributed by atoms with Gasteiger partial charge in [0.15, 0.2) is 0 Å². The number of methoxy groups -OCH3 is 1. The van der Waals surface area contributed by atoms with E-state index < -0.39 is 11.3 Å². The Bertz CT molecular complexity index is 413. The minimum Gasteiger partial charge on any atom is -0.465 e. The maximum Gasteiger partial charge on any atom is 0.349 e. The molecule has 1 aromatic carbocycles. The van der Waals surface area contributed by atoms with E-state index in [1.807, 2.05) is 31.2 Å². The van der Waals surface area contributed by atoms with Crippen LogP contribution in [0.2, 0.25) is 0 Å². The molecule has 0 saturated heterocycles. The zero-order chi connectivity index (χ0) is 12.1. The highest BCUT2D eigenvalue weighted by atomic mass is 35.5. The van der Waals surface area contributed by atoms with Gasteiger partial charge in [-0.3, -0.25) is 0 Å². The highest BCUT2D eigenvalue weighted by Gasteiger charge is 2.11. The first-order chi connectivity index (χ1) is 7.54. The quantitative estimate of drug-likeness (QED) is 0.471. The van der Waals surface area contributed by atoms with E-state index in [1.165, 1.54) is 13.2 Å². The highest BCUT2D eigenvalue weighted by molar-refractivity contribution is 6.41. The van der Waals surface area contributed by atoms with Crippen molar-refractivity contribution in [2.24, 2.45) is 0 Å². The number of aryl methyl sites for hydroxylation is 1. The van der Waals surface area contributed by atoms with Crippen molar-refractivity contribution in [3.8, 4) is 0 Å². The predicted molar refractivity (Wildman–Crippen MR) is 65.7 cm³/mol. The molecule has 4 heteroatoms. The summed E-state index contributed by atoms with van der Waals surface area (Å²) in [7, 11) is 1.27. The standard InChI is InChI=1S/C12H12Cl2O2/c1-8-4-3-5-9(6-8)10(13)7-11(14)12(15)16-2/h3-7,10H,1-2H3/b11-7-/t10-/m0/s1. The zero-order valence-corrected chi connectivity index (χ0v) is 10.5. The van der Waals surface area contributed by atoms with E-state index in [9.17, 15) is 4.79 Å². The molecule has 2 nitrogen and oxygen atoms in total. The molecule has 0 spiro atoms. The molecule has 1 atom stereocenters. The summed E-state index contributed by atoms with van der Waals surface area (Å²) in [6.45, 7) is 1.97. The third-order valence-corrected chi connectivity index (χ3v) is 2.69. The van der Waals surface area contributed by atoms with Crippen LogP contribution in [0.1, 0.15) is 16.5 Å². The Morgan fingerprint density at radius 2 is 2.19 bits per heavy atom. The molecule has 0 amide bonds. The van der Waals surface area contributed by atoms with Gasteiger partial charge in [0, 0.05) is 0 Å². The number of carbonyl (C=O) groups excluding carboxylic acids is 1. The Morgan fingerprint density at radius 3 is 2.75 bits per heavy atom. The van der Waals surface area contributed by atoms with Gasteiger partial charge in [-0.2, -0.15) is 0 Å². The lowest BCUT2D eigenvalue weighted by Crippen LogP contribution is -2.01. The van der Waals surface area contributed by atoms with Gasteiger partial charge < -0.3 is 4.74 Å². The summed E-state index contributed by atoms with van der Waals surface area (Å²) in [6.07, 6.45) is 1.46. The summed E-state index contributed by atoms with van der Waals surface area (Å²) in [5.74, 6) is -0.583. The number of rotatable bonds is 3. The van der Waals surface area contributed by atoms with Crippen molar-refractivity contribution in [3.05, 3.63) is 46.5 Å². The third-order valence-electron chi connectivity index (χ3n) is 2.03. The Balaban J connectivity index is 2.87. The van der Waals surface area contributed by atoms with Crippen molar-refractivity contribution in [2.45, 2.75) is 12.3 Å². The van der Waals surface area contributed by atoms with Crippen LogP contribution in [0.25, 0.3) is 0 Å². The third kappa shape index (κ3) is 3.54. The second-order valence-corrected chi connectivity index (χ2v) is 4.20. The minimum absolute atomic E-state index is 0.0102. The van der Waals surface area contributed by atoms with Crippen LogP contribution in [-0.2, 0) is 9.53 Å². The van der Waals surface area contributed by atoms with Crippen molar-refractivity contribution in [1.82, 2.24) is 0 Å². The van der Waals surface area contributed by atoms with Crippen LogP contribution >= 0.6 is 23.2 Å². The number of halogens is 2. The fourth-order valence-electron chi connectivity index (χ4n) is 1.23. The molecule has 16 heavy (non-hydrogen) atoms. The number of esters is 1. The van der Waals surface area contributed by atoms with Gasteiger partial charge in [-0.15, -0.1) is 11.6 Å². The second-order valence-electron chi connectivity index (χ2n) is 3.32. The number of allylic oxidation sites excluding steroid dienone is 1. The van der Waals surface area contributed by atoms with Gasteiger partial charge in [-0.1, -0.05) is 41.4 Å². The molecule has 0 aliphatic heterocycles. The molecular weight excluding hydrogens is 247 g/mol. The van der Waals surface area contributed by atoms with E-state index in [1.54, 1.807) is 0 Å². The molecule has 0 aliphatic carbocycles. The first-order valence-electron chi connectivity index (χ1n) is 4.71. The van der Waals surface area contributed by atoms with Crippen molar-refractivity contribution in [2.75, 3.05) is 7.11 Å². The maximum atomic E-state index is 11.1. The van der Waals surface area contributed by atoms with Crippen LogP contribution < -0.4 is 0 Å². The number of benzene rings is 1. The van der Waals surface area contributed by atoms with Crippen LogP contribution in [0.4, 0.5) is 0 Å². The van der Waals surface area contributed by atoms with Gasteiger partial charge >= 0.3 is 5.97 Å². The highest BCUT2D eigenvalue weighted by Crippen LogP contribution is 2.25. The number of ether oxygens (including phenoxy) is 1. The average molecular weight is 259 g/mol. The Hall–Kier alpha value is -0.990. The van der Waals surface area contributed by atoms with E-state index in [0.717, 1.165) is 11.1 Å². The monoisotopic (exact) mass is 258 g/mol. The van der Waals surface area contributed by atoms with Gasteiger partial charge in [0.25, 0.3) is 0 Å². The van der Waals surface area contributed by atoms with Crippen molar-refractivity contribution >= 4 is 29.2 Å². The zero-order valence-electron chi connectivity index (χ0n) is 9.04. The summed E-state index contributed by atoms with van der Waals surface area (Å²) >= 11 is 11.8. The minimum atomic E-state index is -0.583. The number of alkyl halides is 1. The van der Waals surface area contributed by atoms with E-state index in [2.05, 4.69) is 4.74 Å². The largest absolute Gasteiger partial charge is 0.465 e. The molecular formula is C12H12Cl2O2. The van der Waals surface area contributed by atoms with Crippen molar-refractivity contribution in [3.63, 3.8) is 0 Å². The Kier molecular flexibility index (Phi) is 4.84. The summed E-state index contributed by atoms with van der Waals surface area (Å²) < 4.78 is 4.47. The van der Waals surface area contributed by atoms with Crippen LogP contribution in [0, 0.1) is 6.92 Å². The van der Waals surface area contributed by atoms with Crippen LogP contribution in [0.3, 0.4) is 0 Å². The Labute approximate surface area is 105 Å². The van der Waals surface area contributed by atoms with Crippen molar-refractivity contribution < 1.29 is 9.53 Å². The lowest BCUT2D eigenvalue weighted by molar-refractivity contribution is -0.135. The van der Waals surface area contributed by atoms with Crippen molar-refractivity contribution in [1.29, 1.82) is 0 Å². The smallest absolute Gasteiger partial charge is 0.349 e. The lowest BCUT2D eigenvalue weighted by atomic mass is 10.1. The van der Waals surface area contributed by atoms with Gasteiger partial charge in [-0.05, 0) is 18.6 Å². The topological polar surface area (TPSA) is 26.3 Å². The normalized spacial score (nSPS) is 13.4. The van der Waals surface area contributed by atoms with E-state index in [0.29, 0.717) is 0 Å². The molecule has 1 aromatic rings. The first kappa shape index (κ1) is 13.1. The average Bonchev–Trinajstić information content (AvgIpc) is 2.27. The van der Waals surface area contributed by atoms with Gasteiger partial charge in [0.2, 0.25) is 0 Å². The Morgan fingerprint density at radius 1 is 1.50 bits per heavy atom. The molecule has 0 aliphatic rings.